The standard InChI is InChI=1S/C13H7N.C2H5.C2H.2CH3.2Sb/c1-3-7-12-10(5-1)9-11-6-2-4-8-13(11)14-12;2*1-2;;;;/h1-2,5-9H;1H2,2H3;1H;2*1H3;;. The average Bonchev–Trinajstić information content (AvgIpc) is 2.57. The van der Waals surface area contributed by atoms with Crippen LogP contribution in [0.5, 0.6) is 0 Å². The van der Waals surface area contributed by atoms with Gasteiger partial charge >= 0.3 is 148 Å². The number of pyridine rings is 1. The molecule has 3 rings (SSSR count). The molecular weight excluding hydrogens is 486 g/mol. The van der Waals surface area contributed by atoms with Crippen LogP contribution in [0.2, 0.25) is 14.1 Å². The first-order valence-electron chi connectivity index (χ1n) is 7.38. The third-order valence-electron chi connectivity index (χ3n) is 4.08. The van der Waals surface area contributed by atoms with Crippen LogP contribution in [0.4, 0.5) is 0 Å². The molecule has 0 aliphatic carbocycles. The van der Waals surface area contributed by atoms with Crippen molar-refractivity contribution in [2.45, 2.75) is 21.0 Å². The van der Waals surface area contributed by atoms with Crippen LogP contribution in [-0.2, 0) is 0 Å². The van der Waals surface area contributed by atoms with Crippen LogP contribution in [0.25, 0.3) is 21.8 Å². The van der Waals surface area contributed by atoms with Crippen LogP contribution in [-0.4, -0.2) is 45.4 Å². The SMILES string of the molecule is C#[C][Sb]([CH3])[c]1ccc2cc3cc[c]([Sb]([CH3])[CH2]C)cc3nc2c1. The molecule has 0 N–H and O–H groups in total. The van der Waals surface area contributed by atoms with Gasteiger partial charge in [0, 0.05) is 0 Å². The van der Waals surface area contributed by atoms with Crippen molar-refractivity contribution in [1.29, 1.82) is 0 Å². The topological polar surface area (TPSA) is 12.9 Å². The predicted octanol–water partition coefficient (Wildman–Crippen LogP) is 3.24. The molecule has 0 saturated carbocycles. The molecule has 0 aliphatic heterocycles. The molecule has 1 aromatic heterocycles. The summed E-state index contributed by atoms with van der Waals surface area (Å²) in [6.45, 7) is 2.31. The number of nitrogens with zero attached hydrogens (tertiary/aromatic N) is 1. The van der Waals surface area contributed by atoms with E-state index in [9.17, 15) is 0 Å². The van der Waals surface area contributed by atoms with Crippen molar-refractivity contribution >= 4 is 69.2 Å². The number of aromatic nitrogens is 1. The molecule has 0 unspecified atom stereocenters. The summed E-state index contributed by atoms with van der Waals surface area (Å²) in [6.07, 6.45) is 5.62. The zero-order valence-electron chi connectivity index (χ0n) is 13.2. The van der Waals surface area contributed by atoms with Gasteiger partial charge in [0.1, 0.15) is 0 Å². The van der Waals surface area contributed by atoms with Gasteiger partial charge in [-0.15, -0.1) is 0 Å². The number of rotatable bonds is 3. The molecule has 1 heterocycles. The summed E-state index contributed by atoms with van der Waals surface area (Å²) in [7, 11) is 0. The van der Waals surface area contributed by atoms with Gasteiger partial charge in [-0.2, -0.15) is 0 Å². The van der Waals surface area contributed by atoms with E-state index in [0.717, 1.165) is 11.0 Å². The first-order chi connectivity index (χ1) is 10.6. The minimum absolute atomic E-state index is 1.09. The van der Waals surface area contributed by atoms with E-state index in [4.69, 9.17) is 11.4 Å². The fraction of sp³-hybridized carbons (Fsp3) is 0.211. The van der Waals surface area contributed by atoms with Crippen molar-refractivity contribution in [2.24, 2.45) is 0 Å². The quantitative estimate of drug-likeness (QED) is 0.303. The Bertz CT molecular complexity index is 880. The van der Waals surface area contributed by atoms with E-state index in [1.54, 1.807) is 3.51 Å². The molecule has 0 amide bonds. The Morgan fingerprint density at radius 3 is 2.14 bits per heavy atom. The summed E-state index contributed by atoms with van der Waals surface area (Å²) in [5.41, 5.74) is 2.22. The van der Waals surface area contributed by atoms with Crippen molar-refractivity contribution in [2.75, 3.05) is 0 Å². The van der Waals surface area contributed by atoms with Gasteiger partial charge in [0.25, 0.3) is 0 Å². The predicted molar refractivity (Wildman–Crippen MR) is 101 cm³/mol. The molecule has 22 heavy (non-hydrogen) atoms. The van der Waals surface area contributed by atoms with Gasteiger partial charge in [-0.1, -0.05) is 0 Å². The zero-order chi connectivity index (χ0) is 15.7. The second-order valence-corrected chi connectivity index (χ2v) is 18.1. The van der Waals surface area contributed by atoms with Crippen LogP contribution in [0, 0.1) is 10.3 Å². The molecule has 0 radical (unpaired) electrons. The van der Waals surface area contributed by atoms with E-state index < -0.39 is 40.4 Å². The maximum atomic E-state index is 5.62. The molecule has 0 saturated heterocycles. The summed E-state index contributed by atoms with van der Waals surface area (Å²) < 4.78 is 7.21. The molecule has 0 spiro atoms. The number of benzene rings is 2. The Kier molecular flexibility index (Phi) is 5.02. The van der Waals surface area contributed by atoms with Crippen LogP contribution in [0.3, 0.4) is 0 Å². The van der Waals surface area contributed by atoms with Crippen molar-refractivity contribution < 1.29 is 0 Å². The Balaban J connectivity index is 2.17. The van der Waals surface area contributed by atoms with E-state index in [2.05, 4.69) is 63.0 Å². The van der Waals surface area contributed by atoms with Gasteiger partial charge in [-0.3, -0.25) is 0 Å². The zero-order valence-corrected chi connectivity index (χ0v) is 18.3. The minimum atomic E-state index is -1.68. The first-order valence-corrected chi connectivity index (χ1v) is 18.1. The van der Waals surface area contributed by atoms with Gasteiger partial charge in [0.15, 0.2) is 0 Å². The Labute approximate surface area is 147 Å². The van der Waals surface area contributed by atoms with Gasteiger partial charge in [-0.25, -0.2) is 0 Å². The van der Waals surface area contributed by atoms with Gasteiger partial charge in [0.2, 0.25) is 0 Å². The Morgan fingerprint density at radius 2 is 1.55 bits per heavy atom. The first kappa shape index (κ1) is 16.2. The molecule has 3 heteroatoms. The summed E-state index contributed by atoms with van der Waals surface area (Å²) in [5.74, 6) is 0. The van der Waals surface area contributed by atoms with E-state index in [1.807, 2.05) is 0 Å². The van der Waals surface area contributed by atoms with Crippen LogP contribution < -0.4 is 7.02 Å². The van der Waals surface area contributed by atoms with Crippen molar-refractivity contribution in [3.63, 3.8) is 0 Å². The molecule has 1 nitrogen and oxygen atoms in total. The van der Waals surface area contributed by atoms with Gasteiger partial charge in [0.05, 0.1) is 0 Å². The van der Waals surface area contributed by atoms with Gasteiger partial charge in [-0.05, 0) is 0 Å². The number of fused-ring (bicyclic) bond motifs is 2. The molecule has 3 aromatic rings. The molecular formula is C19H19NSb2. The number of hydrogen-bond acceptors (Lipinski definition) is 1. The maximum absolute atomic E-state index is 5.62. The van der Waals surface area contributed by atoms with E-state index in [-0.39, 0.29) is 0 Å². The number of hydrogen-bond donors (Lipinski definition) is 0. The third-order valence-corrected chi connectivity index (χ3v) is 14.2. The van der Waals surface area contributed by atoms with Crippen molar-refractivity contribution in [3.8, 4) is 10.3 Å². The van der Waals surface area contributed by atoms with Crippen molar-refractivity contribution in [3.05, 3.63) is 42.5 Å². The fourth-order valence-electron chi connectivity index (χ4n) is 2.50. The molecule has 110 valence electrons. The summed E-state index contributed by atoms with van der Waals surface area (Å²) in [6, 6.07) is 15.7. The molecule has 0 fully saturated rings. The van der Waals surface area contributed by atoms with Crippen molar-refractivity contribution in [1.82, 2.24) is 4.98 Å². The van der Waals surface area contributed by atoms with E-state index >= 15 is 0 Å². The normalized spacial score (nSPS) is 11.5. The van der Waals surface area contributed by atoms with E-state index in [0.29, 0.717) is 0 Å². The van der Waals surface area contributed by atoms with Crippen LogP contribution in [0.15, 0.2) is 42.5 Å². The van der Waals surface area contributed by atoms with Crippen LogP contribution in [0.1, 0.15) is 6.92 Å². The van der Waals surface area contributed by atoms with Crippen LogP contribution >= 0.6 is 0 Å². The second kappa shape index (κ2) is 6.82. The summed E-state index contributed by atoms with van der Waals surface area (Å²) in [5, 5.41) is 2.44. The molecule has 2 aromatic carbocycles. The molecule has 0 bridgehead atoms. The second-order valence-electron chi connectivity index (χ2n) is 5.44. The Hall–Kier alpha value is -0.694. The summed E-state index contributed by atoms with van der Waals surface area (Å²) in [4.78, 5) is 9.61. The summed E-state index contributed by atoms with van der Waals surface area (Å²) >= 11 is -2.92. The van der Waals surface area contributed by atoms with Gasteiger partial charge < -0.3 is 0 Å². The fourth-order valence-corrected chi connectivity index (χ4v) is 7.64. The number of terminal acetylenes is 1. The molecule has 0 aliphatic rings. The average molecular weight is 505 g/mol. The monoisotopic (exact) mass is 503 g/mol. The molecule has 0 atom stereocenters. The Morgan fingerprint density at radius 1 is 0.955 bits per heavy atom. The third kappa shape index (κ3) is 3.15. The van der Waals surface area contributed by atoms with E-state index in [1.165, 1.54) is 18.6 Å².